The summed E-state index contributed by atoms with van der Waals surface area (Å²) in [6.07, 6.45) is 1.67. The Labute approximate surface area is 120 Å². The maximum absolute atomic E-state index is 5.88. The largest absolute Gasteiger partial charge is 0.436 e. The number of aryl methyl sites for hydroxylation is 1. The molecule has 0 amide bonds. The summed E-state index contributed by atoms with van der Waals surface area (Å²) in [5.41, 5.74) is 3.58. The number of benzene rings is 2. The SMILES string of the molecule is Cc1ccc(Oc2nc3ccccc3n3cnnc23)cc1. The molecule has 4 rings (SSSR count). The first-order chi connectivity index (χ1) is 10.3. The first-order valence-electron chi connectivity index (χ1n) is 6.64. The van der Waals surface area contributed by atoms with Crippen LogP contribution in [0.2, 0.25) is 0 Å². The Balaban J connectivity index is 1.90. The molecule has 0 spiro atoms. The summed E-state index contributed by atoms with van der Waals surface area (Å²) in [4.78, 5) is 4.55. The highest BCUT2D eigenvalue weighted by Crippen LogP contribution is 2.26. The number of nitrogens with zero attached hydrogens (tertiary/aromatic N) is 4. The maximum atomic E-state index is 5.88. The van der Waals surface area contributed by atoms with Crippen LogP contribution in [0.4, 0.5) is 0 Å². The minimum absolute atomic E-state index is 0.454. The van der Waals surface area contributed by atoms with Gasteiger partial charge in [-0.15, -0.1) is 10.2 Å². The van der Waals surface area contributed by atoms with Crippen LogP contribution in [0.25, 0.3) is 16.7 Å². The monoisotopic (exact) mass is 276 g/mol. The Morgan fingerprint density at radius 1 is 1.00 bits per heavy atom. The smallest absolute Gasteiger partial charge is 0.266 e. The van der Waals surface area contributed by atoms with Gasteiger partial charge in [0.25, 0.3) is 5.88 Å². The third-order valence-electron chi connectivity index (χ3n) is 3.34. The van der Waals surface area contributed by atoms with E-state index in [1.165, 1.54) is 5.56 Å². The predicted octanol–water partition coefficient (Wildman–Crippen LogP) is 3.38. The standard InChI is InChI=1S/C16H12N4O/c1-11-6-8-12(9-7-11)21-16-15-19-17-10-20(15)14-5-3-2-4-13(14)18-16/h2-10H,1H3. The quantitative estimate of drug-likeness (QED) is 0.563. The number of aromatic nitrogens is 4. The normalized spacial score (nSPS) is 11.1. The van der Waals surface area contributed by atoms with Gasteiger partial charge in [0.2, 0.25) is 5.65 Å². The van der Waals surface area contributed by atoms with Crippen LogP contribution in [-0.4, -0.2) is 19.6 Å². The molecule has 0 saturated heterocycles. The van der Waals surface area contributed by atoms with E-state index < -0.39 is 0 Å². The van der Waals surface area contributed by atoms with E-state index in [0.717, 1.165) is 16.8 Å². The Morgan fingerprint density at radius 3 is 2.67 bits per heavy atom. The van der Waals surface area contributed by atoms with E-state index in [9.17, 15) is 0 Å². The van der Waals surface area contributed by atoms with Gasteiger partial charge in [0, 0.05) is 0 Å². The van der Waals surface area contributed by atoms with Gasteiger partial charge in [0.1, 0.15) is 12.1 Å². The molecule has 0 atom stereocenters. The van der Waals surface area contributed by atoms with E-state index in [-0.39, 0.29) is 0 Å². The predicted molar refractivity (Wildman–Crippen MR) is 79.5 cm³/mol. The summed E-state index contributed by atoms with van der Waals surface area (Å²) >= 11 is 0. The molecule has 0 radical (unpaired) electrons. The molecule has 4 aromatic rings. The van der Waals surface area contributed by atoms with Gasteiger partial charge in [-0.25, -0.2) is 4.98 Å². The molecule has 0 aliphatic heterocycles. The van der Waals surface area contributed by atoms with Gasteiger partial charge >= 0.3 is 0 Å². The molecule has 102 valence electrons. The molecule has 0 saturated carbocycles. The Morgan fingerprint density at radius 2 is 1.81 bits per heavy atom. The van der Waals surface area contributed by atoms with Crippen LogP contribution in [0.5, 0.6) is 11.6 Å². The van der Waals surface area contributed by atoms with Crippen molar-refractivity contribution in [2.24, 2.45) is 0 Å². The van der Waals surface area contributed by atoms with Crippen LogP contribution in [0.3, 0.4) is 0 Å². The van der Waals surface area contributed by atoms with Crippen molar-refractivity contribution >= 4 is 16.7 Å². The third-order valence-corrected chi connectivity index (χ3v) is 3.34. The molecule has 2 aromatic carbocycles. The van der Waals surface area contributed by atoms with Crippen molar-refractivity contribution in [3.63, 3.8) is 0 Å². The van der Waals surface area contributed by atoms with Crippen molar-refractivity contribution in [1.29, 1.82) is 0 Å². The van der Waals surface area contributed by atoms with Crippen LogP contribution < -0.4 is 4.74 Å². The number of ether oxygens (including phenoxy) is 1. The lowest BCUT2D eigenvalue weighted by Gasteiger charge is -2.08. The second-order valence-corrected chi connectivity index (χ2v) is 4.85. The van der Waals surface area contributed by atoms with Crippen molar-refractivity contribution in [1.82, 2.24) is 19.6 Å². The second-order valence-electron chi connectivity index (χ2n) is 4.85. The number of hydrogen-bond donors (Lipinski definition) is 0. The van der Waals surface area contributed by atoms with Crippen molar-refractivity contribution in [2.45, 2.75) is 6.92 Å². The number of hydrogen-bond acceptors (Lipinski definition) is 4. The van der Waals surface area contributed by atoms with Gasteiger partial charge in [-0.2, -0.15) is 0 Å². The minimum atomic E-state index is 0.454. The molecule has 21 heavy (non-hydrogen) atoms. The highest BCUT2D eigenvalue weighted by molar-refractivity contribution is 5.79. The average Bonchev–Trinajstić information content (AvgIpc) is 3.00. The molecule has 0 N–H and O–H groups in total. The van der Waals surface area contributed by atoms with Crippen LogP contribution in [-0.2, 0) is 0 Å². The summed E-state index contributed by atoms with van der Waals surface area (Å²) in [5.74, 6) is 1.18. The van der Waals surface area contributed by atoms with Gasteiger partial charge in [-0.05, 0) is 31.2 Å². The summed E-state index contributed by atoms with van der Waals surface area (Å²) < 4.78 is 7.76. The number of rotatable bonds is 2. The van der Waals surface area contributed by atoms with Crippen molar-refractivity contribution in [3.05, 3.63) is 60.4 Å². The molecule has 0 aliphatic carbocycles. The third kappa shape index (κ3) is 1.99. The van der Waals surface area contributed by atoms with Gasteiger partial charge in [-0.3, -0.25) is 4.40 Å². The summed E-state index contributed by atoms with van der Waals surface area (Å²) in [6, 6.07) is 15.7. The Hall–Kier alpha value is -2.95. The lowest BCUT2D eigenvalue weighted by atomic mass is 10.2. The van der Waals surface area contributed by atoms with Crippen molar-refractivity contribution < 1.29 is 4.74 Å². The van der Waals surface area contributed by atoms with E-state index in [4.69, 9.17) is 4.74 Å². The van der Waals surface area contributed by atoms with E-state index in [1.807, 2.05) is 59.9 Å². The Kier molecular flexibility index (Phi) is 2.57. The maximum Gasteiger partial charge on any atom is 0.266 e. The zero-order valence-corrected chi connectivity index (χ0v) is 11.4. The number of fused-ring (bicyclic) bond motifs is 3. The van der Waals surface area contributed by atoms with Crippen LogP contribution in [0.1, 0.15) is 5.56 Å². The summed E-state index contributed by atoms with van der Waals surface area (Å²) in [7, 11) is 0. The summed E-state index contributed by atoms with van der Waals surface area (Å²) in [5, 5.41) is 8.07. The molecule has 2 heterocycles. The lowest BCUT2D eigenvalue weighted by molar-refractivity contribution is 0.467. The summed E-state index contributed by atoms with van der Waals surface area (Å²) in [6.45, 7) is 2.04. The second kappa shape index (κ2) is 4.56. The topological polar surface area (TPSA) is 52.3 Å². The van der Waals surface area contributed by atoms with Crippen LogP contribution >= 0.6 is 0 Å². The van der Waals surface area contributed by atoms with E-state index in [1.54, 1.807) is 6.33 Å². The van der Waals surface area contributed by atoms with Crippen LogP contribution in [0, 0.1) is 6.92 Å². The fourth-order valence-electron chi connectivity index (χ4n) is 2.27. The lowest BCUT2D eigenvalue weighted by Crippen LogP contribution is -1.96. The van der Waals surface area contributed by atoms with E-state index in [2.05, 4.69) is 15.2 Å². The van der Waals surface area contributed by atoms with Gasteiger partial charge in [0.15, 0.2) is 0 Å². The molecular formula is C16H12N4O. The number of para-hydroxylation sites is 2. The van der Waals surface area contributed by atoms with Crippen molar-refractivity contribution in [3.8, 4) is 11.6 Å². The molecule has 0 aliphatic rings. The molecule has 2 aromatic heterocycles. The van der Waals surface area contributed by atoms with E-state index in [0.29, 0.717) is 11.5 Å². The van der Waals surface area contributed by atoms with Gasteiger partial charge in [-0.1, -0.05) is 29.8 Å². The highest BCUT2D eigenvalue weighted by Gasteiger charge is 2.11. The zero-order chi connectivity index (χ0) is 14.2. The highest BCUT2D eigenvalue weighted by atomic mass is 16.5. The van der Waals surface area contributed by atoms with E-state index >= 15 is 0 Å². The van der Waals surface area contributed by atoms with Crippen LogP contribution in [0.15, 0.2) is 54.9 Å². The van der Waals surface area contributed by atoms with Crippen molar-refractivity contribution in [2.75, 3.05) is 0 Å². The fourth-order valence-corrected chi connectivity index (χ4v) is 2.27. The van der Waals surface area contributed by atoms with Gasteiger partial charge in [0.05, 0.1) is 11.0 Å². The minimum Gasteiger partial charge on any atom is -0.436 e. The molecule has 0 fully saturated rings. The molecule has 0 unspecified atom stereocenters. The van der Waals surface area contributed by atoms with Gasteiger partial charge < -0.3 is 4.74 Å². The first-order valence-corrected chi connectivity index (χ1v) is 6.64. The molecule has 0 bridgehead atoms. The molecule has 5 nitrogen and oxygen atoms in total. The zero-order valence-electron chi connectivity index (χ0n) is 11.4. The molecular weight excluding hydrogens is 264 g/mol. The Bertz CT molecular complexity index is 928. The fraction of sp³-hybridized carbons (Fsp3) is 0.0625. The molecule has 5 heteroatoms. The first kappa shape index (κ1) is 11.8. The average molecular weight is 276 g/mol.